The Balaban J connectivity index is 2.91. The Morgan fingerprint density at radius 2 is 2.00 bits per heavy atom. The average molecular weight is 280 g/mol. The van der Waals surface area contributed by atoms with Crippen LogP contribution >= 0.6 is 0 Å². The predicted molar refractivity (Wildman–Crippen MR) is 83.2 cm³/mol. The van der Waals surface area contributed by atoms with E-state index in [0.29, 0.717) is 0 Å². The summed E-state index contributed by atoms with van der Waals surface area (Å²) in [5.74, 6) is 0.897. The second-order valence-corrected chi connectivity index (χ2v) is 5.58. The third kappa shape index (κ3) is 3.95. The Hall–Kier alpha value is -1.10. The number of para-hydroxylation sites is 1. The van der Waals surface area contributed by atoms with Crippen LogP contribution in [-0.4, -0.2) is 49.9 Å². The molecule has 20 heavy (non-hydrogen) atoms. The van der Waals surface area contributed by atoms with Gasteiger partial charge in [-0.05, 0) is 33.5 Å². The minimum absolute atomic E-state index is 0.0824. The van der Waals surface area contributed by atoms with Crippen LogP contribution < -0.4 is 10.1 Å². The lowest BCUT2D eigenvalue weighted by molar-refractivity contribution is 0.116. The van der Waals surface area contributed by atoms with Gasteiger partial charge in [-0.1, -0.05) is 25.1 Å². The molecule has 0 unspecified atom stereocenters. The van der Waals surface area contributed by atoms with Gasteiger partial charge in [-0.2, -0.15) is 0 Å². The first kappa shape index (κ1) is 17.0. The minimum Gasteiger partial charge on any atom is -0.496 e. The van der Waals surface area contributed by atoms with E-state index < -0.39 is 0 Å². The van der Waals surface area contributed by atoms with Crippen LogP contribution in [0.4, 0.5) is 0 Å². The van der Waals surface area contributed by atoms with Crippen molar-refractivity contribution in [2.24, 2.45) is 0 Å². The zero-order chi connectivity index (χ0) is 15.2. The molecule has 0 aliphatic rings. The lowest BCUT2D eigenvalue weighted by Gasteiger charge is -2.38. The average Bonchev–Trinajstić information content (AvgIpc) is 2.46. The summed E-state index contributed by atoms with van der Waals surface area (Å²) in [6.07, 6.45) is 0. The molecule has 2 N–H and O–H groups in total. The highest BCUT2D eigenvalue weighted by molar-refractivity contribution is 5.38. The Labute approximate surface area is 122 Å². The van der Waals surface area contributed by atoms with Gasteiger partial charge in [0.1, 0.15) is 5.75 Å². The van der Waals surface area contributed by atoms with E-state index in [-0.39, 0.29) is 18.2 Å². The molecule has 0 aliphatic carbocycles. The van der Waals surface area contributed by atoms with Gasteiger partial charge in [0, 0.05) is 23.7 Å². The first-order valence-corrected chi connectivity index (χ1v) is 7.16. The Morgan fingerprint density at radius 3 is 2.55 bits per heavy atom. The molecular formula is C16H28N2O2. The summed E-state index contributed by atoms with van der Waals surface area (Å²) in [6, 6.07) is 8.17. The van der Waals surface area contributed by atoms with E-state index >= 15 is 0 Å². The molecule has 0 heterocycles. The maximum Gasteiger partial charge on any atom is 0.123 e. The van der Waals surface area contributed by atoms with E-state index in [0.717, 1.165) is 24.4 Å². The summed E-state index contributed by atoms with van der Waals surface area (Å²) < 4.78 is 5.47. The van der Waals surface area contributed by atoms with E-state index in [2.05, 4.69) is 37.2 Å². The number of ether oxygens (including phenoxy) is 1. The van der Waals surface area contributed by atoms with E-state index in [1.165, 1.54) is 0 Å². The summed E-state index contributed by atoms with van der Waals surface area (Å²) in [5, 5.41) is 12.7. The van der Waals surface area contributed by atoms with Crippen molar-refractivity contribution >= 4 is 0 Å². The highest BCUT2D eigenvalue weighted by Crippen LogP contribution is 2.33. The van der Waals surface area contributed by atoms with Crippen LogP contribution in [0.2, 0.25) is 0 Å². The molecule has 1 aromatic carbocycles. The number of nitrogens with zero attached hydrogens (tertiary/aromatic N) is 1. The van der Waals surface area contributed by atoms with Crippen LogP contribution in [-0.2, 0) is 5.54 Å². The van der Waals surface area contributed by atoms with Crippen molar-refractivity contribution in [1.82, 2.24) is 10.2 Å². The third-order valence-electron chi connectivity index (χ3n) is 3.93. The van der Waals surface area contributed by atoms with Crippen LogP contribution in [0.25, 0.3) is 0 Å². The lowest BCUT2D eigenvalue weighted by atomic mass is 9.91. The summed E-state index contributed by atoms with van der Waals surface area (Å²) in [6.45, 7) is 8.16. The Kier molecular flexibility index (Phi) is 6.46. The van der Waals surface area contributed by atoms with E-state index in [4.69, 9.17) is 4.74 Å². The van der Waals surface area contributed by atoms with Crippen molar-refractivity contribution < 1.29 is 9.84 Å². The van der Waals surface area contributed by atoms with Crippen molar-refractivity contribution in [3.63, 3.8) is 0 Å². The molecule has 0 saturated carbocycles. The van der Waals surface area contributed by atoms with Gasteiger partial charge < -0.3 is 15.2 Å². The fourth-order valence-corrected chi connectivity index (χ4v) is 2.39. The van der Waals surface area contributed by atoms with Gasteiger partial charge in [-0.15, -0.1) is 0 Å². The van der Waals surface area contributed by atoms with Crippen molar-refractivity contribution in [2.45, 2.75) is 32.4 Å². The lowest BCUT2D eigenvalue weighted by Crippen LogP contribution is -2.48. The number of hydrogen-bond acceptors (Lipinski definition) is 4. The van der Waals surface area contributed by atoms with Crippen molar-refractivity contribution in [2.75, 3.05) is 33.9 Å². The second kappa shape index (κ2) is 7.62. The normalized spacial score (nSPS) is 13.6. The number of hydrogen-bond donors (Lipinski definition) is 2. The molecule has 1 aromatic rings. The zero-order valence-corrected chi connectivity index (χ0v) is 13.3. The number of rotatable bonds is 8. The topological polar surface area (TPSA) is 44.7 Å². The number of methoxy groups -OCH3 is 1. The maximum absolute atomic E-state index is 9.43. The minimum atomic E-state index is -0.171. The van der Waals surface area contributed by atoms with Crippen LogP contribution in [0.3, 0.4) is 0 Å². The highest BCUT2D eigenvalue weighted by Gasteiger charge is 2.29. The predicted octanol–water partition coefficient (Wildman–Crippen LogP) is 1.83. The van der Waals surface area contributed by atoms with Gasteiger partial charge >= 0.3 is 0 Å². The molecule has 1 rings (SSSR count). The summed E-state index contributed by atoms with van der Waals surface area (Å²) in [4.78, 5) is 2.24. The summed E-state index contributed by atoms with van der Waals surface area (Å²) in [7, 11) is 3.77. The molecule has 0 amide bonds. The third-order valence-corrected chi connectivity index (χ3v) is 3.93. The first-order chi connectivity index (χ1) is 9.47. The molecule has 0 aromatic heterocycles. The standard InChI is InChI=1S/C16H28N2O2/c1-6-17-13(12-19)11-18(4)16(2,3)14-9-7-8-10-15(14)20-5/h7-10,13,17,19H,6,11-12H2,1-5H3/t13-/m1/s1. The molecule has 0 bridgehead atoms. The van der Waals surface area contributed by atoms with Gasteiger partial charge in [0.2, 0.25) is 0 Å². The Morgan fingerprint density at radius 1 is 1.35 bits per heavy atom. The molecule has 114 valence electrons. The maximum atomic E-state index is 9.43. The first-order valence-electron chi connectivity index (χ1n) is 7.16. The number of likely N-dealkylation sites (N-methyl/N-ethyl adjacent to an activating group) is 2. The summed E-state index contributed by atoms with van der Waals surface area (Å²) in [5.41, 5.74) is 0.980. The molecule has 1 atom stereocenters. The molecule has 0 aliphatic heterocycles. The molecular weight excluding hydrogens is 252 g/mol. The number of aliphatic hydroxyl groups excluding tert-OH is 1. The molecule has 0 fully saturated rings. The van der Waals surface area contributed by atoms with Gasteiger partial charge in [0.05, 0.1) is 13.7 Å². The number of aliphatic hydroxyl groups is 1. The molecule has 0 saturated heterocycles. The SMILES string of the molecule is CCN[C@@H](CO)CN(C)C(C)(C)c1ccccc1OC. The van der Waals surface area contributed by atoms with Crippen LogP contribution in [0.15, 0.2) is 24.3 Å². The highest BCUT2D eigenvalue weighted by atomic mass is 16.5. The second-order valence-electron chi connectivity index (χ2n) is 5.58. The van der Waals surface area contributed by atoms with Crippen LogP contribution in [0, 0.1) is 0 Å². The monoisotopic (exact) mass is 280 g/mol. The fraction of sp³-hybridized carbons (Fsp3) is 0.625. The van der Waals surface area contributed by atoms with Crippen molar-refractivity contribution in [1.29, 1.82) is 0 Å². The van der Waals surface area contributed by atoms with Crippen molar-refractivity contribution in [3.05, 3.63) is 29.8 Å². The fourth-order valence-electron chi connectivity index (χ4n) is 2.39. The largest absolute Gasteiger partial charge is 0.496 e. The van der Waals surface area contributed by atoms with Crippen LogP contribution in [0.5, 0.6) is 5.75 Å². The molecule has 0 spiro atoms. The molecule has 0 radical (unpaired) electrons. The van der Waals surface area contributed by atoms with Gasteiger partial charge in [0.25, 0.3) is 0 Å². The van der Waals surface area contributed by atoms with Crippen LogP contribution in [0.1, 0.15) is 26.3 Å². The van der Waals surface area contributed by atoms with Gasteiger partial charge in [0.15, 0.2) is 0 Å². The number of benzene rings is 1. The van der Waals surface area contributed by atoms with Gasteiger partial charge in [-0.25, -0.2) is 0 Å². The van der Waals surface area contributed by atoms with E-state index in [1.807, 2.05) is 25.1 Å². The van der Waals surface area contributed by atoms with Crippen molar-refractivity contribution in [3.8, 4) is 5.75 Å². The Bertz CT molecular complexity index is 407. The molecule has 4 nitrogen and oxygen atoms in total. The quantitative estimate of drug-likeness (QED) is 0.762. The van der Waals surface area contributed by atoms with E-state index in [9.17, 15) is 5.11 Å². The number of nitrogens with one attached hydrogen (secondary N) is 1. The molecule has 4 heteroatoms. The summed E-state index contributed by atoms with van der Waals surface area (Å²) >= 11 is 0. The van der Waals surface area contributed by atoms with Gasteiger partial charge in [-0.3, -0.25) is 4.90 Å². The smallest absolute Gasteiger partial charge is 0.123 e. The van der Waals surface area contributed by atoms with E-state index in [1.54, 1.807) is 7.11 Å². The zero-order valence-electron chi connectivity index (χ0n) is 13.3.